The Balaban J connectivity index is 2.02. The van der Waals surface area contributed by atoms with Crippen LogP contribution in [0.25, 0.3) is 11.0 Å². The van der Waals surface area contributed by atoms with E-state index in [2.05, 4.69) is 0 Å². The molecule has 1 aromatic heterocycles. The third kappa shape index (κ3) is 3.53. The number of hydrogen-bond donors (Lipinski definition) is 5. The summed E-state index contributed by atoms with van der Waals surface area (Å²) in [6, 6.07) is 3.46. The molecule has 0 radical (unpaired) electrons. The number of carbonyl (C=O) groups is 1. The predicted octanol–water partition coefficient (Wildman–Crippen LogP) is -1.02. The second-order valence-corrected chi connectivity index (χ2v) is 6.19. The molecule has 3 rings (SSSR count). The number of ether oxygens (including phenoxy) is 2. The first-order valence-corrected chi connectivity index (χ1v) is 8.02. The summed E-state index contributed by atoms with van der Waals surface area (Å²) in [7, 11) is 0. The van der Waals surface area contributed by atoms with Crippen LogP contribution >= 0.6 is 0 Å². The molecule has 5 unspecified atom stereocenters. The van der Waals surface area contributed by atoms with Gasteiger partial charge in [-0.25, -0.2) is 4.79 Å². The van der Waals surface area contributed by atoms with Crippen LogP contribution in [0.3, 0.4) is 0 Å². The summed E-state index contributed by atoms with van der Waals surface area (Å²) in [5, 5.41) is 48.1. The molecule has 10 nitrogen and oxygen atoms in total. The van der Waals surface area contributed by atoms with E-state index >= 15 is 0 Å². The van der Waals surface area contributed by atoms with E-state index in [9.17, 15) is 35.1 Å². The minimum Gasteiger partial charge on any atom is -0.478 e. The molecule has 5 atom stereocenters. The van der Waals surface area contributed by atoms with Crippen molar-refractivity contribution in [3.05, 3.63) is 39.7 Å². The van der Waals surface area contributed by atoms with Gasteiger partial charge >= 0.3 is 5.97 Å². The molecule has 10 heteroatoms. The highest BCUT2D eigenvalue weighted by atomic mass is 16.7. The molecule has 146 valence electrons. The lowest BCUT2D eigenvalue weighted by Crippen LogP contribution is -2.60. The van der Waals surface area contributed by atoms with Gasteiger partial charge < -0.3 is 39.4 Å². The van der Waals surface area contributed by atoms with Gasteiger partial charge in [-0.3, -0.25) is 4.79 Å². The highest BCUT2D eigenvalue weighted by Crippen LogP contribution is 2.28. The Morgan fingerprint density at radius 3 is 2.48 bits per heavy atom. The first-order chi connectivity index (χ1) is 12.7. The lowest BCUT2D eigenvalue weighted by molar-refractivity contribution is -0.277. The van der Waals surface area contributed by atoms with Crippen molar-refractivity contribution in [2.45, 2.75) is 37.6 Å². The lowest BCUT2D eigenvalue weighted by atomic mass is 9.99. The summed E-state index contributed by atoms with van der Waals surface area (Å²) in [4.78, 5) is 23.7. The largest absolute Gasteiger partial charge is 0.478 e. The first kappa shape index (κ1) is 19.3. The van der Waals surface area contributed by atoms with Gasteiger partial charge in [-0.15, -0.1) is 0 Å². The maximum Gasteiger partial charge on any atom is 0.336 e. The Kier molecular flexibility index (Phi) is 5.18. The highest BCUT2D eigenvalue weighted by Gasteiger charge is 2.44. The summed E-state index contributed by atoms with van der Waals surface area (Å²) in [5.41, 5.74) is -0.953. The smallest absolute Gasteiger partial charge is 0.336 e. The Morgan fingerprint density at radius 1 is 1.15 bits per heavy atom. The van der Waals surface area contributed by atoms with Crippen LogP contribution in [-0.2, 0) is 4.74 Å². The van der Waals surface area contributed by atoms with E-state index in [-0.39, 0.29) is 28.0 Å². The van der Waals surface area contributed by atoms with Gasteiger partial charge in [-0.2, -0.15) is 0 Å². The number of carboxylic acid groups (broad SMARTS) is 1. The Bertz CT molecular complexity index is 918. The average Bonchev–Trinajstić information content (AvgIpc) is 2.61. The van der Waals surface area contributed by atoms with Crippen LogP contribution in [-0.4, -0.2) is 68.8 Å². The van der Waals surface area contributed by atoms with Crippen molar-refractivity contribution in [1.29, 1.82) is 0 Å². The van der Waals surface area contributed by atoms with Crippen LogP contribution in [0.5, 0.6) is 5.75 Å². The molecule has 1 saturated heterocycles. The second kappa shape index (κ2) is 7.25. The lowest BCUT2D eigenvalue weighted by Gasteiger charge is -2.39. The number of rotatable bonds is 4. The number of benzene rings is 1. The molecular weight excluding hydrogens is 364 g/mol. The zero-order chi connectivity index (χ0) is 19.9. The van der Waals surface area contributed by atoms with Gasteiger partial charge in [0.05, 0.1) is 17.6 Å². The quantitative estimate of drug-likeness (QED) is 0.441. The van der Waals surface area contributed by atoms with Crippen molar-refractivity contribution >= 4 is 16.9 Å². The summed E-state index contributed by atoms with van der Waals surface area (Å²) in [6.07, 6.45) is -7.57. The average molecular weight is 382 g/mol. The monoisotopic (exact) mass is 382 g/mol. The summed E-state index contributed by atoms with van der Waals surface area (Å²) < 4.78 is 16.0. The number of aliphatic hydroxyl groups is 4. The molecular formula is C17H18O10. The Hall–Kier alpha value is -2.50. The van der Waals surface area contributed by atoms with Crippen LogP contribution < -0.4 is 10.2 Å². The topological polar surface area (TPSA) is 167 Å². The summed E-state index contributed by atoms with van der Waals surface area (Å²) in [6.45, 7) is 0.878. The molecule has 2 aromatic rings. The molecule has 1 aromatic carbocycles. The van der Waals surface area contributed by atoms with Gasteiger partial charge in [0, 0.05) is 12.1 Å². The number of aryl methyl sites for hydroxylation is 1. The number of aliphatic hydroxyl groups excluding tert-OH is 4. The summed E-state index contributed by atoms with van der Waals surface area (Å²) >= 11 is 0. The molecule has 0 spiro atoms. The molecule has 5 N–H and O–H groups in total. The number of fused-ring (bicyclic) bond motifs is 1. The molecule has 0 saturated carbocycles. The van der Waals surface area contributed by atoms with Gasteiger partial charge in [0.25, 0.3) is 0 Å². The van der Waals surface area contributed by atoms with Crippen LogP contribution in [0.15, 0.2) is 27.4 Å². The SMILES string of the molecule is Cc1cc(=O)c2c(C(=O)O)cc(OC3OC(CO)C(O)C(O)C3O)cc2o1. The third-order valence-electron chi connectivity index (χ3n) is 4.26. The standard InChI is InChI=1S/C17H18O10/c1-6-2-9(19)12-8(16(23)24)3-7(4-10(12)25-6)26-17-15(22)14(21)13(20)11(5-18)27-17/h2-4,11,13-15,17-18,20-22H,5H2,1H3,(H,23,24). The van der Waals surface area contributed by atoms with E-state index in [1.54, 1.807) is 0 Å². The van der Waals surface area contributed by atoms with E-state index in [4.69, 9.17) is 13.9 Å². The van der Waals surface area contributed by atoms with Crippen molar-refractivity contribution in [2.24, 2.45) is 0 Å². The third-order valence-corrected chi connectivity index (χ3v) is 4.26. The molecule has 27 heavy (non-hydrogen) atoms. The maximum atomic E-state index is 12.1. The second-order valence-electron chi connectivity index (χ2n) is 6.19. The van der Waals surface area contributed by atoms with E-state index in [0.29, 0.717) is 0 Å². The fourth-order valence-electron chi connectivity index (χ4n) is 2.92. The number of carboxylic acids is 1. The van der Waals surface area contributed by atoms with Gasteiger partial charge in [0.15, 0.2) is 5.43 Å². The highest BCUT2D eigenvalue weighted by molar-refractivity contribution is 6.02. The Morgan fingerprint density at radius 2 is 1.85 bits per heavy atom. The molecule has 1 fully saturated rings. The van der Waals surface area contributed by atoms with E-state index in [0.717, 1.165) is 12.1 Å². The number of aromatic carboxylic acids is 1. The zero-order valence-electron chi connectivity index (χ0n) is 14.1. The minimum absolute atomic E-state index is 0.0421. The first-order valence-electron chi connectivity index (χ1n) is 8.02. The van der Waals surface area contributed by atoms with Gasteiger partial charge in [-0.1, -0.05) is 0 Å². The zero-order valence-corrected chi connectivity index (χ0v) is 14.1. The normalized spacial score (nSPS) is 28.3. The van der Waals surface area contributed by atoms with Crippen molar-refractivity contribution in [3.8, 4) is 5.75 Å². The molecule has 2 heterocycles. The molecule has 1 aliphatic rings. The van der Waals surface area contributed by atoms with Crippen molar-refractivity contribution in [1.82, 2.24) is 0 Å². The fraction of sp³-hybridized carbons (Fsp3) is 0.412. The molecule has 0 bridgehead atoms. The summed E-state index contributed by atoms with van der Waals surface area (Å²) in [5.74, 6) is -1.25. The molecule has 1 aliphatic heterocycles. The van der Waals surface area contributed by atoms with Crippen LogP contribution in [0.4, 0.5) is 0 Å². The molecule has 0 aliphatic carbocycles. The van der Waals surface area contributed by atoms with Gasteiger partial charge in [-0.05, 0) is 13.0 Å². The fourth-order valence-corrected chi connectivity index (χ4v) is 2.92. The molecule has 0 amide bonds. The Labute approximate surface area is 151 Å². The number of hydrogen-bond acceptors (Lipinski definition) is 9. The van der Waals surface area contributed by atoms with Crippen LogP contribution in [0.1, 0.15) is 16.1 Å². The van der Waals surface area contributed by atoms with Gasteiger partial charge in [0.1, 0.15) is 41.5 Å². The minimum atomic E-state index is -1.67. The van der Waals surface area contributed by atoms with E-state index < -0.39 is 48.7 Å². The predicted molar refractivity (Wildman–Crippen MR) is 88.6 cm³/mol. The van der Waals surface area contributed by atoms with Crippen molar-refractivity contribution in [3.63, 3.8) is 0 Å². The van der Waals surface area contributed by atoms with Gasteiger partial charge in [0.2, 0.25) is 6.29 Å². The van der Waals surface area contributed by atoms with E-state index in [1.807, 2.05) is 0 Å². The maximum absolute atomic E-state index is 12.1. The van der Waals surface area contributed by atoms with Crippen molar-refractivity contribution in [2.75, 3.05) is 6.61 Å². The van der Waals surface area contributed by atoms with Crippen LogP contribution in [0, 0.1) is 6.92 Å². The van der Waals surface area contributed by atoms with Crippen LogP contribution in [0.2, 0.25) is 0 Å². The van der Waals surface area contributed by atoms with E-state index in [1.165, 1.54) is 13.0 Å². The van der Waals surface area contributed by atoms with Crippen molar-refractivity contribution < 1.29 is 44.2 Å².